The van der Waals surface area contributed by atoms with Crippen LogP contribution in [0.5, 0.6) is 0 Å². The first-order valence-corrected chi connectivity index (χ1v) is 6.62. The van der Waals surface area contributed by atoms with Gasteiger partial charge in [0.2, 0.25) is 0 Å². The monoisotopic (exact) mass is 208 g/mol. The molecular weight excluding hydrogens is 188 g/mol. The highest BCUT2D eigenvalue weighted by Gasteiger charge is 2.02. The van der Waals surface area contributed by atoms with Crippen LogP contribution in [0.25, 0.3) is 0 Å². The number of hydrogen-bond acceptors (Lipinski definition) is 2. The fraction of sp³-hybridized carbons (Fsp3) is 1.00. The Morgan fingerprint density at radius 2 is 1.38 bits per heavy atom. The number of unbranched alkanes of at least 4 members (excludes halogenated alkanes) is 6. The maximum Gasteiger partial charge on any atom is 0.264 e. The molecule has 0 fully saturated rings. The van der Waals surface area contributed by atoms with Crippen molar-refractivity contribution in [2.45, 2.75) is 51.9 Å². The highest BCUT2D eigenvalue weighted by atomic mass is 32.2. The highest BCUT2D eigenvalue weighted by Crippen LogP contribution is 2.07. The molecule has 0 radical (unpaired) electrons. The zero-order valence-corrected chi connectivity index (χ0v) is 9.15. The van der Waals surface area contributed by atoms with E-state index in [-0.39, 0.29) is 5.75 Å². The van der Waals surface area contributed by atoms with E-state index < -0.39 is 10.1 Å². The average molecular weight is 208 g/mol. The maximum absolute atomic E-state index is 10.3. The fourth-order valence-corrected chi connectivity index (χ4v) is 1.81. The normalized spacial score (nSPS) is 11.8. The van der Waals surface area contributed by atoms with Crippen LogP contribution >= 0.6 is 0 Å². The molecule has 0 aromatic carbocycles. The van der Waals surface area contributed by atoms with Crippen LogP contribution in [0.1, 0.15) is 51.9 Å². The zero-order chi connectivity index (χ0) is 10.2. The zero-order valence-electron chi connectivity index (χ0n) is 8.33. The lowest BCUT2D eigenvalue weighted by atomic mass is 10.1. The molecule has 0 amide bonds. The molecule has 13 heavy (non-hydrogen) atoms. The van der Waals surface area contributed by atoms with Gasteiger partial charge in [0.25, 0.3) is 10.1 Å². The molecule has 0 saturated carbocycles. The summed E-state index contributed by atoms with van der Waals surface area (Å²) in [5.41, 5.74) is 0. The van der Waals surface area contributed by atoms with Gasteiger partial charge in [-0.15, -0.1) is 0 Å². The minimum absolute atomic E-state index is 0.0826. The van der Waals surface area contributed by atoms with Gasteiger partial charge >= 0.3 is 0 Å². The third kappa shape index (κ3) is 11.9. The summed E-state index contributed by atoms with van der Waals surface area (Å²) in [6.07, 6.45) is 7.48. The first-order chi connectivity index (χ1) is 6.06. The van der Waals surface area contributed by atoms with Crippen LogP contribution in [0.3, 0.4) is 0 Å². The summed E-state index contributed by atoms with van der Waals surface area (Å²) in [4.78, 5) is 0. The molecule has 1 N–H and O–H groups in total. The van der Waals surface area contributed by atoms with Crippen molar-refractivity contribution in [3.8, 4) is 0 Å². The summed E-state index contributed by atoms with van der Waals surface area (Å²) in [5, 5.41) is 0. The molecule has 0 aliphatic rings. The Morgan fingerprint density at radius 1 is 0.923 bits per heavy atom. The van der Waals surface area contributed by atoms with Crippen molar-refractivity contribution in [3.63, 3.8) is 0 Å². The topological polar surface area (TPSA) is 54.4 Å². The van der Waals surface area contributed by atoms with Crippen LogP contribution in [-0.2, 0) is 10.1 Å². The van der Waals surface area contributed by atoms with Crippen molar-refractivity contribution in [1.29, 1.82) is 0 Å². The lowest BCUT2D eigenvalue weighted by molar-refractivity contribution is 0.478. The summed E-state index contributed by atoms with van der Waals surface area (Å²) in [5.74, 6) is -0.0826. The quantitative estimate of drug-likeness (QED) is 0.493. The molecule has 0 aromatic heterocycles. The van der Waals surface area contributed by atoms with E-state index in [1.165, 1.54) is 25.7 Å². The van der Waals surface area contributed by atoms with Gasteiger partial charge < -0.3 is 0 Å². The molecule has 3 nitrogen and oxygen atoms in total. The Hall–Kier alpha value is -0.0900. The van der Waals surface area contributed by atoms with E-state index in [0.717, 1.165) is 12.8 Å². The van der Waals surface area contributed by atoms with Crippen LogP contribution < -0.4 is 0 Å². The Labute approximate surface area is 81.3 Å². The minimum atomic E-state index is -3.72. The molecule has 4 heteroatoms. The Balaban J connectivity index is 3.09. The second kappa shape index (κ2) is 7.33. The Kier molecular flexibility index (Phi) is 7.28. The smallest absolute Gasteiger partial charge is 0.264 e. The fourth-order valence-electron chi connectivity index (χ4n) is 1.24. The molecule has 0 heterocycles. The van der Waals surface area contributed by atoms with E-state index in [2.05, 4.69) is 6.92 Å². The van der Waals surface area contributed by atoms with Gasteiger partial charge in [-0.3, -0.25) is 4.55 Å². The number of rotatable bonds is 8. The van der Waals surface area contributed by atoms with Crippen molar-refractivity contribution in [2.24, 2.45) is 0 Å². The third-order valence-corrected chi connectivity index (χ3v) is 2.81. The van der Waals surface area contributed by atoms with Gasteiger partial charge in [0, 0.05) is 0 Å². The SMILES string of the molecule is CCCCCCCCCS(=O)(=O)O. The maximum atomic E-state index is 10.3. The van der Waals surface area contributed by atoms with E-state index >= 15 is 0 Å². The van der Waals surface area contributed by atoms with Gasteiger partial charge in [-0.1, -0.05) is 45.4 Å². The standard InChI is InChI=1S/C9H20O3S/c1-2-3-4-5-6-7-8-9-13(10,11)12/h2-9H2,1H3,(H,10,11,12). The second-order valence-corrected chi connectivity index (χ2v) is 4.98. The number of hydrogen-bond donors (Lipinski definition) is 1. The first-order valence-electron chi connectivity index (χ1n) is 5.01. The molecule has 0 aromatic rings. The van der Waals surface area contributed by atoms with Crippen molar-refractivity contribution in [1.82, 2.24) is 0 Å². The summed E-state index contributed by atoms with van der Waals surface area (Å²) >= 11 is 0. The molecule has 0 aliphatic heterocycles. The summed E-state index contributed by atoms with van der Waals surface area (Å²) < 4.78 is 29.1. The van der Waals surface area contributed by atoms with E-state index in [1.54, 1.807) is 0 Å². The second-order valence-electron chi connectivity index (χ2n) is 3.41. The molecule has 0 rings (SSSR count). The third-order valence-electron chi connectivity index (χ3n) is 2.01. The van der Waals surface area contributed by atoms with Crippen LogP contribution in [0.4, 0.5) is 0 Å². The van der Waals surface area contributed by atoms with E-state index in [4.69, 9.17) is 4.55 Å². The predicted molar refractivity (Wildman–Crippen MR) is 54.4 cm³/mol. The molecule has 0 spiro atoms. The lowest BCUT2D eigenvalue weighted by Crippen LogP contribution is -2.03. The van der Waals surface area contributed by atoms with Crippen molar-refractivity contribution >= 4 is 10.1 Å². The summed E-state index contributed by atoms with van der Waals surface area (Å²) in [7, 11) is -3.72. The van der Waals surface area contributed by atoms with Crippen LogP contribution in [0.15, 0.2) is 0 Å². The molecule has 0 unspecified atom stereocenters. The highest BCUT2D eigenvalue weighted by molar-refractivity contribution is 7.85. The van der Waals surface area contributed by atoms with E-state index in [0.29, 0.717) is 6.42 Å². The lowest BCUT2D eigenvalue weighted by Gasteiger charge is -1.99. The van der Waals surface area contributed by atoms with Gasteiger partial charge in [0.15, 0.2) is 0 Å². The molecule has 0 saturated heterocycles. The van der Waals surface area contributed by atoms with Crippen molar-refractivity contribution < 1.29 is 13.0 Å². The van der Waals surface area contributed by atoms with Gasteiger partial charge in [0.1, 0.15) is 0 Å². The first kappa shape index (κ1) is 12.9. The largest absolute Gasteiger partial charge is 0.286 e. The molecule has 0 aliphatic carbocycles. The van der Waals surface area contributed by atoms with Crippen molar-refractivity contribution in [2.75, 3.05) is 5.75 Å². The van der Waals surface area contributed by atoms with E-state index in [1.807, 2.05) is 0 Å². The van der Waals surface area contributed by atoms with Gasteiger partial charge in [-0.05, 0) is 6.42 Å². The van der Waals surface area contributed by atoms with Gasteiger partial charge in [0.05, 0.1) is 5.75 Å². The summed E-state index contributed by atoms with van der Waals surface area (Å²) in [6, 6.07) is 0. The Morgan fingerprint density at radius 3 is 1.85 bits per heavy atom. The van der Waals surface area contributed by atoms with E-state index in [9.17, 15) is 8.42 Å². The average Bonchev–Trinajstić information content (AvgIpc) is 2.01. The molecule has 0 atom stereocenters. The van der Waals surface area contributed by atoms with Gasteiger partial charge in [-0.2, -0.15) is 8.42 Å². The van der Waals surface area contributed by atoms with Crippen LogP contribution in [-0.4, -0.2) is 18.7 Å². The van der Waals surface area contributed by atoms with Gasteiger partial charge in [-0.25, -0.2) is 0 Å². The molecule has 0 bridgehead atoms. The summed E-state index contributed by atoms with van der Waals surface area (Å²) in [6.45, 7) is 2.17. The van der Waals surface area contributed by atoms with Crippen LogP contribution in [0.2, 0.25) is 0 Å². The molecule has 80 valence electrons. The van der Waals surface area contributed by atoms with Crippen molar-refractivity contribution in [3.05, 3.63) is 0 Å². The molecular formula is C9H20O3S. The minimum Gasteiger partial charge on any atom is -0.286 e. The Bertz CT molecular complexity index is 197. The van der Waals surface area contributed by atoms with Crippen LogP contribution in [0, 0.1) is 0 Å². The predicted octanol–water partition coefficient (Wildman–Crippen LogP) is 2.62.